The molecule has 26 heavy (non-hydrogen) atoms. The number of hydrogen-bond donors (Lipinski definition) is 1. The Hall–Kier alpha value is -2.32. The lowest BCUT2D eigenvalue weighted by atomic mass is 9.89. The van der Waals surface area contributed by atoms with E-state index >= 15 is 0 Å². The molecule has 1 unspecified atom stereocenters. The number of rotatable bonds is 4. The van der Waals surface area contributed by atoms with Gasteiger partial charge in [-0.2, -0.15) is 5.26 Å². The summed E-state index contributed by atoms with van der Waals surface area (Å²) in [5.74, 6) is 1.17. The van der Waals surface area contributed by atoms with Crippen molar-refractivity contribution in [1.82, 2.24) is 0 Å². The van der Waals surface area contributed by atoms with Crippen molar-refractivity contribution in [3.8, 4) is 11.8 Å². The molecule has 1 aliphatic carbocycles. The number of hydrogen-bond acceptors (Lipinski definition) is 4. The third-order valence-electron chi connectivity index (χ3n) is 5.10. The first-order valence-electron chi connectivity index (χ1n) is 8.94. The molecule has 2 aromatic rings. The number of fused-ring (bicyclic) bond motifs is 1. The summed E-state index contributed by atoms with van der Waals surface area (Å²) in [6.45, 7) is 8.17. The maximum absolute atomic E-state index is 12.4. The number of carbonyl (C=O) groups is 1. The molecule has 0 saturated carbocycles. The smallest absolute Gasteiger partial charge is 0.262 e. The zero-order valence-corrected chi connectivity index (χ0v) is 16.5. The summed E-state index contributed by atoms with van der Waals surface area (Å²) in [5, 5.41) is 13.1. The van der Waals surface area contributed by atoms with Gasteiger partial charge in [0.05, 0.1) is 5.56 Å². The Bertz CT molecular complexity index is 892. The van der Waals surface area contributed by atoms with Crippen LogP contribution in [0.3, 0.4) is 0 Å². The molecule has 1 N–H and O–H groups in total. The normalized spacial score (nSPS) is 15.9. The summed E-state index contributed by atoms with van der Waals surface area (Å²) in [5.41, 5.74) is 4.96. The zero-order chi connectivity index (χ0) is 18.8. The molecule has 1 aromatic carbocycles. The summed E-state index contributed by atoms with van der Waals surface area (Å²) >= 11 is 1.54. The number of carbonyl (C=O) groups excluding carboxylic acids is 1. The van der Waals surface area contributed by atoms with E-state index in [1.165, 1.54) is 16.2 Å². The summed E-state index contributed by atoms with van der Waals surface area (Å²) < 4.78 is 5.78. The molecular formula is C21H24N2O2S. The Kier molecular flexibility index (Phi) is 5.33. The number of ether oxygens (including phenoxy) is 1. The zero-order valence-electron chi connectivity index (χ0n) is 15.7. The number of nitriles is 1. The minimum absolute atomic E-state index is 0.0605. The van der Waals surface area contributed by atoms with E-state index in [2.05, 4.69) is 18.3 Å². The molecule has 1 aromatic heterocycles. The van der Waals surface area contributed by atoms with Gasteiger partial charge in [-0.25, -0.2) is 0 Å². The monoisotopic (exact) mass is 368 g/mol. The topological polar surface area (TPSA) is 62.1 Å². The van der Waals surface area contributed by atoms with Gasteiger partial charge in [-0.1, -0.05) is 19.1 Å². The number of amides is 1. The molecule has 5 heteroatoms. The highest BCUT2D eigenvalue weighted by molar-refractivity contribution is 7.16. The summed E-state index contributed by atoms with van der Waals surface area (Å²) in [7, 11) is 0. The summed E-state index contributed by atoms with van der Waals surface area (Å²) in [4.78, 5) is 13.6. The molecule has 1 amide bonds. The summed E-state index contributed by atoms with van der Waals surface area (Å²) in [6.07, 6.45) is 3.01. The average molecular weight is 369 g/mol. The van der Waals surface area contributed by atoms with E-state index in [-0.39, 0.29) is 12.5 Å². The molecule has 0 saturated heterocycles. The van der Waals surface area contributed by atoms with Crippen molar-refractivity contribution in [3.63, 3.8) is 0 Å². The number of anilines is 1. The largest absolute Gasteiger partial charge is 0.483 e. The molecule has 1 atom stereocenters. The number of nitrogens with zero attached hydrogens (tertiary/aromatic N) is 1. The number of thiophene rings is 1. The molecule has 3 rings (SSSR count). The Morgan fingerprint density at radius 1 is 1.35 bits per heavy atom. The maximum Gasteiger partial charge on any atom is 0.262 e. The van der Waals surface area contributed by atoms with Crippen LogP contribution in [0.4, 0.5) is 5.00 Å². The molecule has 0 radical (unpaired) electrons. The van der Waals surface area contributed by atoms with Gasteiger partial charge in [-0.15, -0.1) is 11.3 Å². The van der Waals surface area contributed by atoms with Gasteiger partial charge in [0, 0.05) is 4.88 Å². The lowest BCUT2D eigenvalue weighted by Crippen LogP contribution is -2.20. The fraction of sp³-hybridized carbons (Fsp3) is 0.429. The van der Waals surface area contributed by atoms with Crippen molar-refractivity contribution in [3.05, 3.63) is 44.8 Å². The maximum atomic E-state index is 12.4. The third-order valence-corrected chi connectivity index (χ3v) is 6.27. The van der Waals surface area contributed by atoms with Gasteiger partial charge in [-0.3, -0.25) is 4.79 Å². The summed E-state index contributed by atoms with van der Waals surface area (Å²) in [6, 6.07) is 6.33. The predicted molar refractivity (Wildman–Crippen MR) is 105 cm³/mol. The van der Waals surface area contributed by atoms with Crippen LogP contribution >= 0.6 is 11.3 Å². The van der Waals surface area contributed by atoms with Gasteiger partial charge in [0.25, 0.3) is 5.91 Å². The molecule has 0 spiro atoms. The standard InChI is InChI=1S/C21H24N2O2S/c1-12-5-8-16-17(10-22)21(26-18(16)9-12)23-19(24)11-25-20-14(3)7-6-13(2)15(20)4/h6-7,12H,5,8-9,11H2,1-4H3,(H,23,24). The van der Waals surface area contributed by atoms with E-state index in [1.807, 2.05) is 32.9 Å². The van der Waals surface area contributed by atoms with Crippen LogP contribution in [-0.4, -0.2) is 12.5 Å². The first-order chi connectivity index (χ1) is 12.4. The second-order valence-electron chi connectivity index (χ2n) is 7.16. The van der Waals surface area contributed by atoms with Crippen LogP contribution in [0, 0.1) is 38.0 Å². The Balaban J connectivity index is 1.72. The van der Waals surface area contributed by atoms with Crippen molar-refractivity contribution >= 4 is 22.2 Å². The van der Waals surface area contributed by atoms with Crippen molar-refractivity contribution in [2.75, 3.05) is 11.9 Å². The molecule has 1 heterocycles. The number of nitrogens with one attached hydrogen (secondary N) is 1. The SMILES string of the molecule is Cc1ccc(C)c(OCC(=O)Nc2sc3c(c2C#N)CCC(C)C3)c1C. The lowest BCUT2D eigenvalue weighted by molar-refractivity contribution is -0.118. The van der Waals surface area contributed by atoms with Crippen molar-refractivity contribution in [2.24, 2.45) is 5.92 Å². The molecular weight excluding hydrogens is 344 g/mol. The van der Waals surface area contributed by atoms with Gasteiger partial charge in [0.15, 0.2) is 6.61 Å². The van der Waals surface area contributed by atoms with Gasteiger partial charge >= 0.3 is 0 Å². The van der Waals surface area contributed by atoms with E-state index in [9.17, 15) is 10.1 Å². The highest BCUT2D eigenvalue weighted by atomic mass is 32.1. The van der Waals surface area contributed by atoms with E-state index in [1.54, 1.807) is 0 Å². The van der Waals surface area contributed by atoms with Gasteiger partial charge in [-0.05, 0) is 68.2 Å². The van der Waals surface area contributed by atoms with Crippen molar-refractivity contribution in [2.45, 2.75) is 47.0 Å². The predicted octanol–water partition coefficient (Wildman–Crippen LogP) is 4.69. The first-order valence-corrected chi connectivity index (χ1v) is 9.76. The van der Waals surface area contributed by atoms with Crippen LogP contribution < -0.4 is 10.1 Å². The minimum atomic E-state index is -0.228. The second kappa shape index (κ2) is 7.51. The number of benzene rings is 1. The lowest BCUT2D eigenvalue weighted by Gasteiger charge is -2.17. The Morgan fingerprint density at radius 3 is 2.81 bits per heavy atom. The van der Waals surface area contributed by atoms with E-state index in [0.29, 0.717) is 16.5 Å². The molecule has 0 bridgehead atoms. The fourth-order valence-corrected chi connectivity index (χ4v) is 4.78. The molecule has 4 nitrogen and oxygen atoms in total. The third kappa shape index (κ3) is 3.61. The first kappa shape index (κ1) is 18.5. The van der Waals surface area contributed by atoms with Gasteiger partial charge in [0.1, 0.15) is 16.8 Å². The van der Waals surface area contributed by atoms with Crippen molar-refractivity contribution in [1.29, 1.82) is 5.26 Å². The van der Waals surface area contributed by atoms with Crippen LogP contribution in [0.25, 0.3) is 0 Å². The van der Waals surface area contributed by atoms with Gasteiger partial charge in [0.2, 0.25) is 0 Å². The molecule has 0 aliphatic heterocycles. The quantitative estimate of drug-likeness (QED) is 0.852. The van der Waals surface area contributed by atoms with E-state index < -0.39 is 0 Å². The van der Waals surface area contributed by atoms with Crippen LogP contribution in [0.2, 0.25) is 0 Å². The Morgan fingerprint density at radius 2 is 2.08 bits per heavy atom. The average Bonchev–Trinajstić information content (AvgIpc) is 2.94. The fourth-order valence-electron chi connectivity index (χ4n) is 3.41. The van der Waals surface area contributed by atoms with Crippen molar-refractivity contribution < 1.29 is 9.53 Å². The molecule has 0 fully saturated rings. The highest BCUT2D eigenvalue weighted by Gasteiger charge is 2.24. The minimum Gasteiger partial charge on any atom is -0.483 e. The highest BCUT2D eigenvalue weighted by Crippen LogP contribution is 2.39. The van der Waals surface area contributed by atoms with Crippen LogP contribution in [-0.2, 0) is 17.6 Å². The molecule has 136 valence electrons. The van der Waals surface area contributed by atoms with Crippen LogP contribution in [0.5, 0.6) is 5.75 Å². The van der Waals surface area contributed by atoms with E-state index in [4.69, 9.17) is 4.74 Å². The Labute approximate surface area is 158 Å². The number of aryl methyl sites for hydroxylation is 2. The van der Waals surface area contributed by atoms with Crippen LogP contribution in [0.15, 0.2) is 12.1 Å². The second-order valence-corrected chi connectivity index (χ2v) is 8.26. The van der Waals surface area contributed by atoms with E-state index in [0.717, 1.165) is 47.3 Å². The van der Waals surface area contributed by atoms with Gasteiger partial charge < -0.3 is 10.1 Å². The molecule has 1 aliphatic rings. The van der Waals surface area contributed by atoms with Crippen LogP contribution in [0.1, 0.15) is 46.0 Å².